The molecule has 1 aliphatic heterocycles. The van der Waals surface area contributed by atoms with E-state index in [9.17, 15) is 9.90 Å². The molecule has 1 aromatic rings. The number of nitrogens with one attached hydrogen (secondary N) is 1. The van der Waals surface area contributed by atoms with Crippen LogP contribution in [0.1, 0.15) is 18.4 Å². The minimum absolute atomic E-state index is 0.0314. The maximum atomic E-state index is 11.9. The SMILES string of the molecule is COc1ccc(CCNC(=O)CN2CCCC2CO)cc1. The van der Waals surface area contributed by atoms with Crippen LogP contribution in [0.3, 0.4) is 0 Å². The van der Waals surface area contributed by atoms with Crippen LogP contribution in [0.5, 0.6) is 5.75 Å². The standard InChI is InChI=1S/C16H24N2O3/c1-21-15-6-4-13(5-7-15)8-9-17-16(20)11-18-10-2-3-14(18)12-19/h4-7,14,19H,2-3,8-12H2,1H3,(H,17,20). The number of nitrogens with zero attached hydrogens (tertiary/aromatic N) is 1. The fourth-order valence-corrected chi connectivity index (χ4v) is 2.69. The van der Waals surface area contributed by atoms with Gasteiger partial charge in [0.15, 0.2) is 0 Å². The van der Waals surface area contributed by atoms with Crippen LogP contribution in [0, 0.1) is 0 Å². The largest absolute Gasteiger partial charge is 0.497 e. The molecule has 21 heavy (non-hydrogen) atoms. The molecule has 0 bridgehead atoms. The average Bonchev–Trinajstić information content (AvgIpc) is 2.95. The van der Waals surface area contributed by atoms with Gasteiger partial charge in [0.1, 0.15) is 5.75 Å². The molecule has 2 rings (SSSR count). The molecule has 1 amide bonds. The van der Waals surface area contributed by atoms with Crippen molar-refractivity contribution in [3.8, 4) is 5.75 Å². The Hall–Kier alpha value is -1.59. The fourth-order valence-electron chi connectivity index (χ4n) is 2.69. The van der Waals surface area contributed by atoms with Gasteiger partial charge in [0.05, 0.1) is 20.3 Å². The topological polar surface area (TPSA) is 61.8 Å². The highest BCUT2D eigenvalue weighted by atomic mass is 16.5. The molecule has 0 radical (unpaired) electrons. The van der Waals surface area contributed by atoms with Crippen LogP contribution >= 0.6 is 0 Å². The molecule has 5 nitrogen and oxygen atoms in total. The van der Waals surface area contributed by atoms with Crippen molar-refractivity contribution in [2.24, 2.45) is 0 Å². The molecule has 2 N–H and O–H groups in total. The quantitative estimate of drug-likeness (QED) is 0.781. The van der Waals surface area contributed by atoms with Gasteiger partial charge in [0, 0.05) is 12.6 Å². The molecule has 0 spiro atoms. The summed E-state index contributed by atoms with van der Waals surface area (Å²) in [6, 6.07) is 8.01. The van der Waals surface area contributed by atoms with Gasteiger partial charge in [-0.1, -0.05) is 12.1 Å². The van der Waals surface area contributed by atoms with Gasteiger partial charge < -0.3 is 15.2 Å². The number of carbonyl (C=O) groups is 1. The first kappa shape index (κ1) is 15.8. The van der Waals surface area contributed by atoms with Crippen LogP contribution in [-0.4, -0.2) is 55.3 Å². The lowest BCUT2D eigenvalue weighted by atomic mass is 10.1. The van der Waals surface area contributed by atoms with E-state index in [1.165, 1.54) is 5.56 Å². The highest BCUT2D eigenvalue weighted by Gasteiger charge is 2.25. The molecule has 1 atom stereocenters. The van der Waals surface area contributed by atoms with E-state index >= 15 is 0 Å². The molecule has 1 fully saturated rings. The van der Waals surface area contributed by atoms with Gasteiger partial charge in [-0.2, -0.15) is 0 Å². The second kappa shape index (κ2) is 8.00. The first-order valence-corrected chi connectivity index (χ1v) is 7.47. The molecule has 1 heterocycles. The van der Waals surface area contributed by atoms with Gasteiger partial charge in [0.2, 0.25) is 5.91 Å². The van der Waals surface area contributed by atoms with Gasteiger partial charge in [0.25, 0.3) is 0 Å². The van der Waals surface area contributed by atoms with E-state index in [1.807, 2.05) is 24.3 Å². The third-order valence-electron chi connectivity index (χ3n) is 3.95. The summed E-state index contributed by atoms with van der Waals surface area (Å²) in [5.41, 5.74) is 1.17. The van der Waals surface area contributed by atoms with E-state index in [0.717, 1.165) is 31.6 Å². The Labute approximate surface area is 125 Å². The third kappa shape index (κ3) is 4.72. The lowest BCUT2D eigenvalue weighted by molar-refractivity contribution is -0.122. The Morgan fingerprint density at radius 1 is 1.43 bits per heavy atom. The normalized spacial score (nSPS) is 18.7. The monoisotopic (exact) mass is 292 g/mol. The van der Waals surface area contributed by atoms with E-state index in [0.29, 0.717) is 13.1 Å². The van der Waals surface area contributed by atoms with Crippen LogP contribution in [0.4, 0.5) is 0 Å². The van der Waals surface area contributed by atoms with Crippen LogP contribution in [0.25, 0.3) is 0 Å². The summed E-state index contributed by atoms with van der Waals surface area (Å²) >= 11 is 0. The summed E-state index contributed by atoms with van der Waals surface area (Å²) in [6.45, 7) is 2.05. The van der Waals surface area contributed by atoms with Crippen molar-refractivity contribution in [1.29, 1.82) is 0 Å². The van der Waals surface area contributed by atoms with E-state index in [2.05, 4.69) is 10.2 Å². The van der Waals surface area contributed by atoms with Crippen molar-refractivity contribution >= 4 is 5.91 Å². The average molecular weight is 292 g/mol. The molecule has 116 valence electrons. The molecule has 0 aromatic heterocycles. The van der Waals surface area contributed by atoms with E-state index in [1.54, 1.807) is 7.11 Å². The van der Waals surface area contributed by atoms with Gasteiger partial charge in [-0.25, -0.2) is 0 Å². The second-order valence-electron chi connectivity index (χ2n) is 5.40. The Morgan fingerprint density at radius 3 is 2.86 bits per heavy atom. The van der Waals surface area contributed by atoms with Crippen LogP contribution < -0.4 is 10.1 Å². The van der Waals surface area contributed by atoms with Crippen LogP contribution in [0.2, 0.25) is 0 Å². The molecule has 1 unspecified atom stereocenters. The number of aliphatic hydroxyl groups is 1. The minimum Gasteiger partial charge on any atom is -0.497 e. The molecule has 5 heteroatoms. The summed E-state index contributed by atoms with van der Waals surface area (Å²) in [7, 11) is 1.65. The van der Waals surface area contributed by atoms with Gasteiger partial charge in [-0.05, 0) is 43.5 Å². The molecule has 0 saturated carbocycles. The lowest BCUT2D eigenvalue weighted by Crippen LogP contribution is -2.41. The number of ether oxygens (including phenoxy) is 1. The first-order chi connectivity index (χ1) is 10.2. The Balaban J connectivity index is 1.69. The summed E-state index contributed by atoms with van der Waals surface area (Å²) in [4.78, 5) is 14.0. The maximum absolute atomic E-state index is 11.9. The van der Waals surface area contributed by atoms with E-state index in [4.69, 9.17) is 4.74 Å². The fraction of sp³-hybridized carbons (Fsp3) is 0.562. The van der Waals surface area contributed by atoms with Gasteiger partial charge in [-0.3, -0.25) is 9.69 Å². The highest BCUT2D eigenvalue weighted by molar-refractivity contribution is 5.78. The van der Waals surface area contributed by atoms with Crippen molar-refractivity contribution in [3.63, 3.8) is 0 Å². The van der Waals surface area contributed by atoms with Crippen LogP contribution in [0.15, 0.2) is 24.3 Å². The van der Waals surface area contributed by atoms with Crippen LogP contribution in [-0.2, 0) is 11.2 Å². The van der Waals surface area contributed by atoms with Crippen molar-refractivity contribution in [2.45, 2.75) is 25.3 Å². The maximum Gasteiger partial charge on any atom is 0.234 e. The van der Waals surface area contributed by atoms with Crippen molar-refractivity contribution in [2.75, 3.05) is 33.4 Å². The molecular formula is C16H24N2O3. The Kier molecular flexibility index (Phi) is 6.02. The molecule has 1 aromatic carbocycles. The Morgan fingerprint density at radius 2 is 2.19 bits per heavy atom. The van der Waals surface area contributed by atoms with Crippen molar-refractivity contribution in [1.82, 2.24) is 10.2 Å². The summed E-state index contributed by atoms with van der Waals surface area (Å²) in [5.74, 6) is 0.871. The second-order valence-corrected chi connectivity index (χ2v) is 5.40. The highest BCUT2D eigenvalue weighted by Crippen LogP contribution is 2.15. The summed E-state index contributed by atoms with van der Waals surface area (Å²) < 4.78 is 5.11. The number of amides is 1. The van der Waals surface area contributed by atoms with E-state index in [-0.39, 0.29) is 18.6 Å². The number of hydrogen-bond acceptors (Lipinski definition) is 4. The zero-order valence-corrected chi connectivity index (χ0v) is 12.5. The van der Waals surface area contributed by atoms with Gasteiger partial charge in [-0.15, -0.1) is 0 Å². The molecule has 1 saturated heterocycles. The number of carbonyl (C=O) groups excluding carboxylic acids is 1. The lowest BCUT2D eigenvalue weighted by Gasteiger charge is -2.21. The molecular weight excluding hydrogens is 268 g/mol. The number of rotatable bonds is 7. The predicted molar refractivity (Wildman–Crippen MR) is 81.4 cm³/mol. The number of likely N-dealkylation sites (tertiary alicyclic amines) is 1. The Bertz CT molecular complexity index is 447. The van der Waals surface area contributed by atoms with E-state index < -0.39 is 0 Å². The van der Waals surface area contributed by atoms with Crippen molar-refractivity contribution < 1.29 is 14.6 Å². The zero-order chi connectivity index (χ0) is 15.1. The first-order valence-electron chi connectivity index (χ1n) is 7.47. The minimum atomic E-state index is 0.0314. The summed E-state index contributed by atoms with van der Waals surface area (Å²) in [5, 5.41) is 12.2. The number of hydrogen-bond donors (Lipinski definition) is 2. The van der Waals surface area contributed by atoms with Gasteiger partial charge >= 0.3 is 0 Å². The summed E-state index contributed by atoms with van der Waals surface area (Å²) in [6.07, 6.45) is 2.85. The number of benzene rings is 1. The third-order valence-corrected chi connectivity index (χ3v) is 3.95. The van der Waals surface area contributed by atoms with Crippen molar-refractivity contribution in [3.05, 3.63) is 29.8 Å². The number of methoxy groups -OCH3 is 1. The zero-order valence-electron chi connectivity index (χ0n) is 12.5. The number of aliphatic hydroxyl groups excluding tert-OH is 1. The predicted octanol–water partition coefficient (Wildman–Crippen LogP) is 0.811. The smallest absolute Gasteiger partial charge is 0.234 e. The molecule has 0 aliphatic carbocycles. The molecule has 1 aliphatic rings.